The summed E-state index contributed by atoms with van der Waals surface area (Å²) in [6.45, 7) is 4.29. The van der Waals surface area contributed by atoms with Crippen LogP contribution in [0.4, 0.5) is 0 Å². The Hall–Kier alpha value is -0.440. The SMILES string of the molecule is C#CC(C)(C)[C]1CCCC1. The summed E-state index contributed by atoms with van der Waals surface area (Å²) in [5.74, 6) is 4.42. The first-order valence-electron chi connectivity index (χ1n) is 4.00. The second kappa shape index (κ2) is 2.66. The van der Waals surface area contributed by atoms with Crippen molar-refractivity contribution in [3.05, 3.63) is 5.92 Å². The lowest BCUT2D eigenvalue weighted by Gasteiger charge is -2.24. The van der Waals surface area contributed by atoms with E-state index in [1.807, 2.05) is 0 Å². The first-order valence-corrected chi connectivity index (χ1v) is 4.00. The predicted molar refractivity (Wildman–Crippen MR) is 44.3 cm³/mol. The molecule has 0 aliphatic heterocycles. The van der Waals surface area contributed by atoms with Crippen LogP contribution < -0.4 is 0 Å². The fourth-order valence-corrected chi connectivity index (χ4v) is 1.53. The van der Waals surface area contributed by atoms with Crippen molar-refractivity contribution in [3.63, 3.8) is 0 Å². The van der Waals surface area contributed by atoms with Crippen molar-refractivity contribution in [2.75, 3.05) is 0 Å². The molecule has 0 bridgehead atoms. The van der Waals surface area contributed by atoms with E-state index in [4.69, 9.17) is 6.42 Å². The largest absolute Gasteiger partial charge is 0.120 e. The first-order chi connectivity index (χ1) is 4.67. The first kappa shape index (κ1) is 7.66. The van der Waals surface area contributed by atoms with E-state index in [2.05, 4.69) is 19.8 Å². The predicted octanol–water partition coefficient (Wildman–Crippen LogP) is 2.79. The molecule has 0 nitrogen and oxygen atoms in total. The van der Waals surface area contributed by atoms with Gasteiger partial charge in [0.25, 0.3) is 0 Å². The molecule has 55 valence electrons. The zero-order valence-corrected chi connectivity index (χ0v) is 6.91. The molecule has 1 radical (unpaired) electrons. The van der Waals surface area contributed by atoms with E-state index in [0.29, 0.717) is 0 Å². The van der Waals surface area contributed by atoms with Gasteiger partial charge >= 0.3 is 0 Å². The van der Waals surface area contributed by atoms with Crippen molar-refractivity contribution in [1.29, 1.82) is 0 Å². The van der Waals surface area contributed by atoms with Crippen LogP contribution in [0.2, 0.25) is 0 Å². The highest BCUT2D eigenvalue weighted by atomic mass is 14.3. The molecule has 1 fully saturated rings. The summed E-state index contributed by atoms with van der Waals surface area (Å²) in [7, 11) is 0. The zero-order chi connectivity index (χ0) is 7.61. The minimum atomic E-state index is 0.0660. The lowest BCUT2D eigenvalue weighted by molar-refractivity contribution is 0.494. The van der Waals surface area contributed by atoms with Gasteiger partial charge in [-0.2, -0.15) is 0 Å². The Kier molecular flexibility index (Phi) is 2.04. The van der Waals surface area contributed by atoms with E-state index in [1.165, 1.54) is 25.7 Å². The Morgan fingerprint density at radius 2 is 1.80 bits per heavy atom. The van der Waals surface area contributed by atoms with Crippen molar-refractivity contribution in [1.82, 2.24) is 0 Å². The van der Waals surface area contributed by atoms with Gasteiger partial charge in [-0.15, -0.1) is 6.42 Å². The van der Waals surface area contributed by atoms with Crippen LogP contribution in [0.25, 0.3) is 0 Å². The van der Waals surface area contributed by atoms with Crippen LogP contribution in [0, 0.1) is 23.7 Å². The molecule has 1 rings (SSSR count). The molecule has 1 aliphatic carbocycles. The fourth-order valence-electron chi connectivity index (χ4n) is 1.53. The summed E-state index contributed by atoms with van der Waals surface area (Å²) in [5.41, 5.74) is 0.0660. The molecule has 0 aromatic rings. The standard InChI is InChI=1S/C10H15/c1-4-10(2,3)9-7-5-6-8-9/h1H,5-8H2,2-3H3. The summed E-state index contributed by atoms with van der Waals surface area (Å²) in [6, 6.07) is 0. The van der Waals surface area contributed by atoms with E-state index in [0.717, 1.165) is 0 Å². The average Bonchev–Trinajstić information content (AvgIpc) is 2.38. The Morgan fingerprint density at radius 1 is 1.30 bits per heavy atom. The molecule has 1 saturated carbocycles. The summed E-state index contributed by atoms with van der Waals surface area (Å²) < 4.78 is 0. The van der Waals surface area contributed by atoms with Gasteiger partial charge in [0.15, 0.2) is 0 Å². The molecule has 0 heteroatoms. The number of rotatable bonds is 1. The minimum Gasteiger partial charge on any atom is -0.120 e. The van der Waals surface area contributed by atoms with Crippen molar-refractivity contribution >= 4 is 0 Å². The summed E-state index contributed by atoms with van der Waals surface area (Å²) in [5, 5.41) is 0. The van der Waals surface area contributed by atoms with Crippen molar-refractivity contribution in [3.8, 4) is 12.3 Å². The van der Waals surface area contributed by atoms with Gasteiger partial charge < -0.3 is 0 Å². The number of hydrogen-bond acceptors (Lipinski definition) is 0. The van der Waals surface area contributed by atoms with Crippen LogP contribution in [-0.2, 0) is 0 Å². The summed E-state index contributed by atoms with van der Waals surface area (Å²) in [4.78, 5) is 0. The smallest absolute Gasteiger partial charge is 0.0317 e. The Balaban J connectivity index is 2.56. The summed E-state index contributed by atoms with van der Waals surface area (Å²) in [6.07, 6.45) is 10.6. The maximum atomic E-state index is 5.42. The molecule has 0 atom stereocenters. The third-order valence-electron chi connectivity index (χ3n) is 2.45. The quantitative estimate of drug-likeness (QED) is 0.485. The number of terminal acetylenes is 1. The fraction of sp³-hybridized carbons (Fsp3) is 0.700. The second-order valence-corrected chi connectivity index (χ2v) is 3.58. The topological polar surface area (TPSA) is 0 Å². The monoisotopic (exact) mass is 135 g/mol. The van der Waals surface area contributed by atoms with Gasteiger partial charge in [0, 0.05) is 5.41 Å². The van der Waals surface area contributed by atoms with Crippen LogP contribution in [0.15, 0.2) is 0 Å². The maximum absolute atomic E-state index is 5.42. The molecule has 0 N–H and O–H groups in total. The average molecular weight is 135 g/mol. The van der Waals surface area contributed by atoms with E-state index >= 15 is 0 Å². The van der Waals surface area contributed by atoms with Crippen LogP contribution in [0.3, 0.4) is 0 Å². The molecular formula is C10H15. The van der Waals surface area contributed by atoms with Gasteiger partial charge in [-0.05, 0) is 32.6 Å². The molecule has 0 heterocycles. The van der Waals surface area contributed by atoms with Gasteiger partial charge in [0.05, 0.1) is 0 Å². The second-order valence-electron chi connectivity index (χ2n) is 3.58. The van der Waals surface area contributed by atoms with Gasteiger partial charge in [-0.1, -0.05) is 18.8 Å². The Morgan fingerprint density at radius 3 is 2.20 bits per heavy atom. The minimum absolute atomic E-state index is 0.0660. The van der Waals surface area contributed by atoms with Gasteiger partial charge in [0.1, 0.15) is 0 Å². The molecule has 0 aromatic carbocycles. The molecule has 0 spiro atoms. The lowest BCUT2D eigenvalue weighted by Crippen LogP contribution is -2.16. The third kappa shape index (κ3) is 1.34. The molecule has 10 heavy (non-hydrogen) atoms. The highest BCUT2D eigenvalue weighted by molar-refractivity contribution is 5.18. The van der Waals surface area contributed by atoms with Crippen LogP contribution in [0.5, 0.6) is 0 Å². The normalized spacial score (nSPS) is 20.9. The van der Waals surface area contributed by atoms with Crippen LogP contribution >= 0.6 is 0 Å². The van der Waals surface area contributed by atoms with Crippen molar-refractivity contribution < 1.29 is 0 Å². The van der Waals surface area contributed by atoms with Crippen LogP contribution in [-0.4, -0.2) is 0 Å². The Bertz CT molecular complexity index is 142. The lowest BCUT2D eigenvalue weighted by atomic mass is 9.79. The maximum Gasteiger partial charge on any atom is 0.0317 e. The van der Waals surface area contributed by atoms with Gasteiger partial charge in [-0.3, -0.25) is 0 Å². The van der Waals surface area contributed by atoms with E-state index in [9.17, 15) is 0 Å². The molecule has 0 aromatic heterocycles. The Labute approximate surface area is 64.0 Å². The van der Waals surface area contributed by atoms with Crippen molar-refractivity contribution in [2.45, 2.75) is 39.5 Å². The highest BCUT2D eigenvalue weighted by Gasteiger charge is 2.30. The number of hydrogen-bond donors (Lipinski definition) is 0. The molecule has 0 saturated heterocycles. The van der Waals surface area contributed by atoms with E-state index < -0.39 is 0 Å². The van der Waals surface area contributed by atoms with E-state index in [1.54, 1.807) is 5.92 Å². The third-order valence-corrected chi connectivity index (χ3v) is 2.45. The molecule has 0 unspecified atom stereocenters. The highest BCUT2D eigenvalue weighted by Crippen LogP contribution is 2.40. The zero-order valence-electron chi connectivity index (χ0n) is 6.91. The van der Waals surface area contributed by atoms with E-state index in [-0.39, 0.29) is 5.41 Å². The van der Waals surface area contributed by atoms with Crippen molar-refractivity contribution in [2.24, 2.45) is 5.41 Å². The van der Waals surface area contributed by atoms with Gasteiger partial charge in [-0.25, -0.2) is 0 Å². The molecular weight excluding hydrogens is 120 g/mol. The summed E-state index contributed by atoms with van der Waals surface area (Å²) >= 11 is 0. The molecule has 1 aliphatic rings. The molecule has 0 amide bonds. The van der Waals surface area contributed by atoms with Crippen LogP contribution in [0.1, 0.15) is 39.5 Å². The van der Waals surface area contributed by atoms with Gasteiger partial charge in [0.2, 0.25) is 0 Å².